The average molecular weight is 429 g/mol. The second kappa shape index (κ2) is 6.69. The Morgan fingerprint density at radius 1 is 1.16 bits per heavy atom. The molecule has 7 nitrogen and oxygen atoms in total. The molecule has 0 radical (unpaired) electrons. The van der Waals surface area contributed by atoms with E-state index in [9.17, 15) is 4.79 Å². The summed E-state index contributed by atoms with van der Waals surface area (Å²) in [5.41, 5.74) is 3.83. The third-order valence-corrected chi connectivity index (χ3v) is 6.52. The Hall–Kier alpha value is -3.63. The van der Waals surface area contributed by atoms with E-state index in [0.717, 1.165) is 22.4 Å². The molecule has 31 heavy (non-hydrogen) atoms. The molecule has 3 atom stereocenters. The average Bonchev–Trinajstić information content (AvgIpc) is 3.49. The second-order valence-electron chi connectivity index (χ2n) is 7.85. The highest BCUT2D eigenvalue weighted by Gasteiger charge is 2.48. The molecule has 4 aromatic rings. The van der Waals surface area contributed by atoms with Crippen LogP contribution < -0.4 is 0 Å². The summed E-state index contributed by atoms with van der Waals surface area (Å²) >= 11 is 6.29. The Balaban J connectivity index is 1.43. The van der Waals surface area contributed by atoms with Gasteiger partial charge in [-0.25, -0.2) is 4.98 Å². The summed E-state index contributed by atoms with van der Waals surface area (Å²) in [7, 11) is 0. The number of likely N-dealkylation sites (tertiary alicyclic amines) is 1. The smallest absolute Gasteiger partial charge is 0.256 e. The largest absolute Gasteiger partial charge is 0.340 e. The molecule has 2 aromatic carbocycles. The molecule has 8 heteroatoms. The molecular weight excluding hydrogens is 412 g/mol. The highest BCUT2D eigenvalue weighted by Crippen LogP contribution is 2.44. The lowest BCUT2D eigenvalue weighted by molar-refractivity contribution is 0.0720. The van der Waals surface area contributed by atoms with Crippen molar-refractivity contribution in [3.63, 3.8) is 0 Å². The van der Waals surface area contributed by atoms with Gasteiger partial charge in [-0.15, -0.1) is 0 Å². The minimum Gasteiger partial charge on any atom is -0.340 e. The zero-order chi connectivity index (χ0) is 21.1. The van der Waals surface area contributed by atoms with Crippen LogP contribution in [0, 0.1) is 30.6 Å². The van der Waals surface area contributed by atoms with E-state index in [1.165, 1.54) is 4.80 Å². The summed E-state index contributed by atoms with van der Waals surface area (Å²) < 4.78 is 0. The van der Waals surface area contributed by atoms with Crippen molar-refractivity contribution in [2.75, 3.05) is 6.54 Å². The van der Waals surface area contributed by atoms with Crippen LogP contribution in [0.25, 0.3) is 16.7 Å². The normalized spacial score (nSPS) is 21.5. The molecule has 2 aromatic heterocycles. The van der Waals surface area contributed by atoms with Crippen molar-refractivity contribution in [2.24, 2.45) is 11.8 Å². The molecule has 1 aliphatic carbocycles. The fraction of sp³-hybridized carbons (Fsp3) is 0.217. The Bertz CT molecular complexity index is 1400. The predicted molar refractivity (Wildman–Crippen MR) is 116 cm³/mol. The van der Waals surface area contributed by atoms with E-state index in [0.29, 0.717) is 22.8 Å². The van der Waals surface area contributed by atoms with Gasteiger partial charge in [-0.2, -0.15) is 15.0 Å². The van der Waals surface area contributed by atoms with Gasteiger partial charge in [-0.1, -0.05) is 35.6 Å². The van der Waals surface area contributed by atoms with Crippen LogP contribution in [-0.4, -0.2) is 42.3 Å². The number of rotatable bonds is 3. The SMILES string of the molecule is Cc1c(Cl)ccc2[nH]c([C@@H]3[C@H]4C#C[C@H]4CN3C(=O)c3ccccc3-n3nccn3)nc12. The number of hydrogen-bond acceptors (Lipinski definition) is 4. The molecule has 0 spiro atoms. The number of amides is 1. The van der Waals surface area contributed by atoms with Gasteiger partial charge >= 0.3 is 0 Å². The number of nitrogens with one attached hydrogen (secondary N) is 1. The van der Waals surface area contributed by atoms with Crippen LogP contribution >= 0.6 is 11.6 Å². The molecule has 1 fully saturated rings. The number of carbonyl (C=O) groups excluding carboxylic acids is 1. The number of halogens is 1. The van der Waals surface area contributed by atoms with Gasteiger partial charge in [0, 0.05) is 11.6 Å². The number of benzene rings is 2. The van der Waals surface area contributed by atoms with Crippen LogP contribution in [0.1, 0.15) is 27.8 Å². The lowest BCUT2D eigenvalue weighted by Gasteiger charge is -2.26. The summed E-state index contributed by atoms with van der Waals surface area (Å²) in [4.78, 5) is 25.3. The number of hydrogen-bond donors (Lipinski definition) is 1. The van der Waals surface area contributed by atoms with Gasteiger partial charge in [0.2, 0.25) is 0 Å². The number of aromatic amines is 1. The lowest BCUT2D eigenvalue weighted by atomic mass is 9.84. The van der Waals surface area contributed by atoms with Gasteiger partial charge in [0.05, 0.1) is 46.5 Å². The number of para-hydroxylation sites is 1. The minimum atomic E-state index is -0.247. The maximum atomic E-state index is 13.7. The Morgan fingerprint density at radius 2 is 1.97 bits per heavy atom. The summed E-state index contributed by atoms with van der Waals surface area (Å²) in [6.45, 7) is 2.52. The predicted octanol–water partition coefficient (Wildman–Crippen LogP) is 3.55. The Labute approximate surface area is 183 Å². The zero-order valence-corrected chi connectivity index (χ0v) is 17.3. The van der Waals surface area contributed by atoms with Crippen molar-refractivity contribution < 1.29 is 4.79 Å². The standard InChI is InChI=1S/C23H17ClN6O/c1-13-17(24)8-9-18-20(13)28-22(27-18)21-15-7-6-14(15)12-29(21)23(31)16-4-2-3-5-19(16)30-25-10-11-26-30/h2-5,8-11,14-15,21H,12H2,1H3,(H,27,28)/t14-,15-,21-/m0/s1. The third kappa shape index (κ3) is 2.69. The number of carbonyl (C=O) groups is 1. The molecule has 1 N–H and O–H groups in total. The molecule has 6 rings (SSSR count). The molecule has 1 amide bonds. The number of fused-ring (bicyclic) bond motifs is 2. The van der Waals surface area contributed by atoms with Gasteiger partial charge in [-0.3, -0.25) is 4.79 Å². The molecule has 0 saturated carbocycles. The Morgan fingerprint density at radius 3 is 2.74 bits per heavy atom. The van der Waals surface area contributed by atoms with Crippen LogP contribution in [0.2, 0.25) is 5.02 Å². The Kier molecular flexibility index (Phi) is 3.92. The van der Waals surface area contributed by atoms with Crippen LogP contribution in [0.15, 0.2) is 48.8 Å². The van der Waals surface area contributed by atoms with E-state index in [4.69, 9.17) is 16.6 Å². The molecule has 1 saturated heterocycles. The maximum Gasteiger partial charge on any atom is 0.256 e. The van der Waals surface area contributed by atoms with Crippen molar-refractivity contribution in [3.05, 3.63) is 70.8 Å². The molecule has 0 unspecified atom stereocenters. The van der Waals surface area contributed by atoms with E-state index in [1.807, 2.05) is 48.2 Å². The topological polar surface area (TPSA) is 79.7 Å². The van der Waals surface area contributed by atoms with Crippen LogP contribution in [-0.2, 0) is 0 Å². The molecule has 3 heterocycles. The van der Waals surface area contributed by atoms with Crippen molar-refractivity contribution in [2.45, 2.75) is 13.0 Å². The van der Waals surface area contributed by atoms with E-state index in [1.54, 1.807) is 12.4 Å². The number of H-pyrrole nitrogens is 1. The highest BCUT2D eigenvalue weighted by molar-refractivity contribution is 6.32. The van der Waals surface area contributed by atoms with Crippen LogP contribution in [0.5, 0.6) is 0 Å². The van der Waals surface area contributed by atoms with Crippen molar-refractivity contribution in [3.8, 4) is 17.5 Å². The first kappa shape index (κ1) is 18.2. The van der Waals surface area contributed by atoms with E-state index in [2.05, 4.69) is 27.0 Å². The van der Waals surface area contributed by atoms with E-state index in [-0.39, 0.29) is 23.8 Å². The third-order valence-electron chi connectivity index (χ3n) is 6.11. The fourth-order valence-electron chi connectivity index (χ4n) is 4.47. The lowest BCUT2D eigenvalue weighted by Crippen LogP contribution is -2.33. The summed E-state index contributed by atoms with van der Waals surface area (Å²) in [6, 6.07) is 10.9. The number of aryl methyl sites for hydroxylation is 1. The van der Waals surface area contributed by atoms with Crippen molar-refractivity contribution >= 4 is 28.5 Å². The first-order chi connectivity index (χ1) is 15.1. The van der Waals surface area contributed by atoms with Gasteiger partial charge in [0.1, 0.15) is 11.9 Å². The number of aromatic nitrogens is 5. The van der Waals surface area contributed by atoms with Gasteiger partial charge in [0.25, 0.3) is 5.91 Å². The summed E-state index contributed by atoms with van der Waals surface area (Å²) in [5.74, 6) is 7.32. The summed E-state index contributed by atoms with van der Waals surface area (Å²) in [6.07, 6.45) is 3.19. The molecule has 0 bridgehead atoms. The van der Waals surface area contributed by atoms with Crippen LogP contribution in [0.4, 0.5) is 0 Å². The minimum absolute atomic E-state index is 0.0651. The first-order valence-electron chi connectivity index (χ1n) is 10.0. The molecule has 152 valence electrons. The van der Waals surface area contributed by atoms with Gasteiger partial charge in [-0.05, 0) is 36.8 Å². The fourth-order valence-corrected chi connectivity index (χ4v) is 4.63. The van der Waals surface area contributed by atoms with Crippen molar-refractivity contribution in [1.82, 2.24) is 29.9 Å². The summed E-state index contributed by atoms with van der Waals surface area (Å²) in [5, 5.41) is 9.08. The van der Waals surface area contributed by atoms with E-state index < -0.39 is 0 Å². The van der Waals surface area contributed by atoms with Gasteiger partial charge < -0.3 is 9.88 Å². The molecular formula is C23H17ClN6O. The van der Waals surface area contributed by atoms with Crippen LogP contribution in [0.3, 0.4) is 0 Å². The highest BCUT2D eigenvalue weighted by atomic mass is 35.5. The number of nitrogens with zero attached hydrogens (tertiary/aromatic N) is 5. The molecule has 1 aliphatic heterocycles. The number of imidazole rings is 1. The second-order valence-corrected chi connectivity index (χ2v) is 8.26. The van der Waals surface area contributed by atoms with E-state index >= 15 is 0 Å². The zero-order valence-electron chi connectivity index (χ0n) is 16.6. The van der Waals surface area contributed by atoms with Crippen molar-refractivity contribution in [1.29, 1.82) is 0 Å². The van der Waals surface area contributed by atoms with Gasteiger partial charge in [0.15, 0.2) is 0 Å². The maximum absolute atomic E-state index is 13.7. The molecule has 2 aliphatic rings. The monoisotopic (exact) mass is 428 g/mol. The quantitative estimate of drug-likeness (QED) is 0.506. The first-order valence-corrected chi connectivity index (χ1v) is 10.4.